The molecule has 0 atom stereocenters. The van der Waals surface area contributed by atoms with Crippen molar-refractivity contribution in [3.05, 3.63) is 36.5 Å². The normalized spacial score (nSPS) is 11.2. The molecule has 1 aromatic carbocycles. The van der Waals surface area contributed by atoms with Crippen LogP contribution in [0.15, 0.2) is 35.7 Å². The number of rotatable bonds is 7. The van der Waals surface area contributed by atoms with E-state index in [4.69, 9.17) is 15.6 Å². The van der Waals surface area contributed by atoms with Gasteiger partial charge in [0, 0.05) is 29.1 Å². The van der Waals surface area contributed by atoms with E-state index >= 15 is 0 Å². The molecule has 0 saturated heterocycles. The lowest BCUT2D eigenvalue weighted by atomic mass is 10.1. The van der Waals surface area contributed by atoms with Crippen LogP contribution in [0.5, 0.6) is 0 Å². The molecule has 0 unspecified atom stereocenters. The van der Waals surface area contributed by atoms with Gasteiger partial charge in [0.1, 0.15) is 6.33 Å². The van der Waals surface area contributed by atoms with Crippen LogP contribution in [0.4, 0.5) is 5.69 Å². The number of aliphatic hydroxyl groups excluding tert-OH is 1. The predicted molar refractivity (Wildman–Crippen MR) is 94.5 cm³/mol. The molecule has 3 rings (SSSR count). The van der Waals surface area contributed by atoms with Crippen LogP contribution in [-0.4, -0.2) is 50.7 Å². The zero-order valence-corrected chi connectivity index (χ0v) is 14.2. The van der Waals surface area contributed by atoms with Gasteiger partial charge in [0.05, 0.1) is 36.7 Å². The molecule has 3 aromatic rings. The highest BCUT2D eigenvalue weighted by Crippen LogP contribution is 2.32. The average molecular weight is 345 g/mol. The van der Waals surface area contributed by atoms with E-state index in [1.54, 1.807) is 35.0 Å². The number of fused-ring (bicyclic) bond motifs is 1. The van der Waals surface area contributed by atoms with E-state index in [9.17, 15) is 0 Å². The molecule has 0 fully saturated rings. The summed E-state index contributed by atoms with van der Waals surface area (Å²) in [7, 11) is 0. The van der Waals surface area contributed by atoms with Gasteiger partial charge < -0.3 is 15.6 Å². The quantitative estimate of drug-likeness (QED) is 0.382. The Labute approximate surface area is 143 Å². The first-order valence-corrected chi connectivity index (χ1v) is 8.77. The van der Waals surface area contributed by atoms with Gasteiger partial charge in [0.25, 0.3) is 0 Å². The van der Waals surface area contributed by atoms with Crippen molar-refractivity contribution < 1.29 is 9.84 Å². The van der Waals surface area contributed by atoms with Crippen molar-refractivity contribution in [3.63, 3.8) is 0 Å². The fourth-order valence-electron chi connectivity index (χ4n) is 2.48. The second-order valence-electron chi connectivity index (χ2n) is 5.10. The number of aliphatic hydroxyl groups is 1. The summed E-state index contributed by atoms with van der Waals surface area (Å²) in [4.78, 5) is 14.3. The molecule has 24 heavy (non-hydrogen) atoms. The van der Waals surface area contributed by atoms with Gasteiger partial charge in [0.15, 0.2) is 0 Å². The Morgan fingerprint density at radius 1 is 1.29 bits per heavy atom. The standard InChI is InChI=1S/C16H19N5O2S/c1-24-13-3-2-11-14(15(13)17)12(4-8-23-9-7-22)20-16(19-11)21-6-5-18-10-21/h2-3,5-6,10,22H,4,7-9,17H2,1H3. The van der Waals surface area contributed by atoms with Gasteiger partial charge in [-0.15, -0.1) is 11.8 Å². The van der Waals surface area contributed by atoms with Crippen LogP contribution in [0.1, 0.15) is 5.69 Å². The Kier molecular flexibility index (Phi) is 5.29. The summed E-state index contributed by atoms with van der Waals surface area (Å²) in [5, 5.41) is 9.69. The molecular weight excluding hydrogens is 326 g/mol. The van der Waals surface area contributed by atoms with E-state index in [0.29, 0.717) is 31.3 Å². The highest BCUT2D eigenvalue weighted by atomic mass is 32.2. The minimum Gasteiger partial charge on any atom is -0.397 e. The summed E-state index contributed by atoms with van der Waals surface area (Å²) in [6.45, 7) is 0.769. The number of hydrogen-bond donors (Lipinski definition) is 2. The molecule has 8 heteroatoms. The summed E-state index contributed by atoms with van der Waals surface area (Å²) in [5.41, 5.74) is 8.64. The first-order chi connectivity index (χ1) is 11.7. The van der Waals surface area contributed by atoms with Crippen LogP contribution in [0, 0.1) is 0 Å². The summed E-state index contributed by atoms with van der Waals surface area (Å²) in [6.07, 6.45) is 7.72. The van der Waals surface area contributed by atoms with Crippen LogP contribution in [-0.2, 0) is 11.2 Å². The smallest absolute Gasteiger partial charge is 0.235 e. The summed E-state index contributed by atoms with van der Waals surface area (Å²) in [5.74, 6) is 0.549. The van der Waals surface area contributed by atoms with E-state index in [1.165, 1.54) is 0 Å². The van der Waals surface area contributed by atoms with Crippen LogP contribution >= 0.6 is 11.8 Å². The van der Waals surface area contributed by atoms with E-state index in [1.807, 2.05) is 18.4 Å². The Morgan fingerprint density at radius 3 is 2.88 bits per heavy atom. The van der Waals surface area contributed by atoms with Gasteiger partial charge in [-0.1, -0.05) is 0 Å². The second-order valence-corrected chi connectivity index (χ2v) is 5.95. The maximum absolute atomic E-state index is 8.83. The lowest BCUT2D eigenvalue weighted by Gasteiger charge is -2.13. The first kappa shape index (κ1) is 16.7. The molecule has 0 aliphatic carbocycles. The number of benzene rings is 1. The predicted octanol–water partition coefficient (Wildman–Crippen LogP) is 1.67. The monoisotopic (exact) mass is 345 g/mol. The molecule has 7 nitrogen and oxygen atoms in total. The topological polar surface area (TPSA) is 99.1 Å². The van der Waals surface area contributed by atoms with Crippen molar-refractivity contribution in [3.8, 4) is 5.95 Å². The van der Waals surface area contributed by atoms with E-state index in [-0.39, 0.29) is 6.61 Å². The van der Waals surface area contributed by atoms with Crippen molar-refractivity contribution in [1.82, 2.24) is 19.5 Å². The number of nitrogens with zero attached hydrogens (tertiary/aromatic N) is 4. The molecule has 2 heterocycles. The molecule has 126 valence electrons. The average Bonchev–Trinajstić information content (AvgIpc) is 3.13. The minimum absolute atomic E-state index is 0.00354. The highest BCUT2D eigenvalue weighted by molar-refractivity contribution is 7.98. The van der Waals surface area contributed by atoms with Crippen LogP contribution < -0.4 is 5.73 Å². The summed E-state index contributed by atoms with van der Waals surface area (Å²) < 4.78 is 7.15. The maximum Gasteiger partial charge on any atom is 0.235 e. The van der Waals surface area contributed by atoms with Gasteiger partial charge in [-0.3, -0.25) is 4.57 Å². The maximum atomic E-state index is 8.83. The van der Waals surface area contributed by atoms with Crippen molar-refractivity contribution in [1.29, 1.82) is 0 Å². The molecule has 2 aromatic heterocycles. The summed E-state index contributed by atoms with van der Waals surface area (Å²) >= 11 is 1.59. The Hall–Kier alpha value is -2.16. The highest BCUT2D eigenvalue weighted by Gasteiger charge is 2.14. The molecule has 0 spiro atoms. The Morgan fingerprint density at radius 2 is 2.17 bits per heavy atom. The molecule has 0 amide bonds. The number of imidazole rings is 1. The van der Waals surface area contributed by atoms with Crippen LogP contribution in [0.2, 0.25) is 0 Å². The summed E-state index contributed by atoms with van der Waals surface area (Å²) in [6, 6.07) is 3.93. The number of nitrogens with two attached hydrogens (primary N) is 1. The van der Waals surface area contributed by atoms with Gasteiger partial charge in [-0.05, 0) is 18.4 Å². The van der Waals surface area contributed by atoms with Crippen molar-refractivity contribution in [2.75, 3.05) is 31.8 Å². The van der Waals surface area contributed by atoms with Crippen LogP contribution in [0.25, 0.3) is 16.9 Å². The zero-order valence-electron chi connectivity index (χ0n) is 13.3. The Bertz CT molecular complexity index is 823. The van der Waals surface area contributed by atoms with E-state index in [0.717, 1.165) is 21.5 Å². The third-order valence-corrected chi connectivity index (χ3v) is 4.40. The van der Waals surface area contributed by atoms with Crippen molar-refractivity contribution >= 4 is 28.4 Å². The largest absolute Gasteiger partial charge is 0.397 e. The lowest BCUT2D eigenvalue weighted by Crippen LogP contribution is -2.09. The molecule has 0 radical (unpaired) electrons. The lowest BCUT2D eigenvalue weighted by molar-refractivity contribution is 0.0942. The van der Waals surface area contributed by atoms with E-state index in [2.05, 4.69) is 15.0 Å². The third-order valence-electron chi connectivity index (χ3n) is 3.60. The van der Waals surface area contributed by atoms with Gasteiger partial charge >= 0.3 is 0 Å². The number of hydrogen-bond acceptors (Lipinski definition) is 7. The number of nitrogen functional groups attached to an aromatic ring is 1. The van der Waals surface area contributed by atoms with Gasteiger partial charge in [0.2, 0.25) is 5.95 Å². The number of anilines is 1. The zero-order chi connectivity index (χ0) is 16.9. The molecule has 3 N–H and O–H groups in total. The van der Waals surface area contributed by atoms with Gasteiger partial charge in [-0.25, -0.2) is 15.0 Å². The number of aromatic nitrogens is 4. The van der Waals surface area contributed by atoms with Crippen molar-refractivity contribution in [2.24, 2.45) is 0 Å². The molecular formula is C16H19N5O2S. The van der Waals surface area contributed by atoms with Crippen molar-refractivity contribution in [2.45, 2.75) is 11.3 Å². The van der Waals surface area contributed by atoms with Crippen LogP contribution in [0.3, 0.4) is 0 Å². The van der Waals surface area contributed by atoms with E-state index < -0.39 is 0 Å². The number of thioether (sulfide) groups is 1. The second kappa shape index (κ2) is 7.61. The fraction of sp³-hybridized carbons (Fsp3) is 0.312. The SMILES string of the molecule is CSc1ccc2nc(-n3ccnc3)nc(CCOCCO)c2c1N. The third kappa shape index (κ3) is 3.35. The molecule has 0 aliphatic rings. The minimum atomic E-state index is 0.00354. The molecule has 0 saturated carbocycles. The fourth-order valence-corrected chi connectivity index (χ4v) is 3.01. The molecule has 0 aliphatic heterocycles. The Balaban J connectivity index is 2.08. The molecule has 0 bridgehead atoms. The number of ether oxygens (including phenoxy) is 1. The van der Waals surface area contributed by atoms with Gasteiger partial charge in [-0.2, -0.15) is 0 Å². The first-order valence-electron chi connectivity index (χ1n) is 7.54.